The molecule has 2 aromatic heterocycles. The summed E-state index contributed by atoms with van der Waals surface area (Å²) in [5.74, 6) is 0.187. The highest BCUT2D eigenvalue weighted by Crippen LogP contribution is 2.37. The molecule has 3 heterocycles. The lowest BCUT2D eigenvalue weighted by Gasteiger charge is -2.39. The average Bonchev–Trinajstić information content (AvgIpc) is 3.43. The lowest BCUT2D eigenvalue weighted by atomic mass is 10.0. The fraction of sp³-hybridized carbons (Fsp3) is 0.323. The Bertz CT molecular complexity index is 1500. The first kappa shape index (κ1) is 30.7. The standard InChI is InChI=1S/C29H31F3N6O2.C2H4/c1-19-25(21-9-11-22(40-3)12-10-21)35-27-23(17-34-38(27)26(19)29(30,31)32)28(39)37-15-13-36(14-16-37)24(18-33-2)20-7-5-4-6-8-20;1-2/h4-12,17,24,33H,13-16,18H2,1-3H3;1-2H2/t24-;/m1./s1. The minimum Gasteiger partial charge on any atom is -0.497 e. The lowest BCUT2D eigenvalue weighted by molar-refractivity contribution is -0.143. The number of alkyl halides is 3. The number of fused-ring (bicyclic) bond motifs is 1. The van der Waals surface area contributed by atoms with Gasteiger partial charge in [0.1, 0.15) is 11.3 Å². The van der Waals surface area contributed by atoms with E-state index < -0.39 is 11.9 Å². The van der Waals surface area contributed by atoms with Crippen LogP contribution in [0.3, 0.4) is 0 Å². The molecule has 1 aliphatic heterocycles. The minimum atomic E-state index is -4.70. The van der Waals surface area contributed by atoms with Crippen LogP contribution < -0.4 is 10.1 Å². The van der Waals surface area contributed by atoms with Crippen molar-refractivity contribution in [3.8, 4) is 17.0 Å². The van der Waals surface area contributed by atoms with Crippen LogP contribution in [0.15, 0.2) is 74.0 Å². The number of piperazine rings is 1. The van der Waals surface area contributed by atoms with Crippen molar-refractivity contribution < 1.29 is 22.7 Å². The Morgan fingerprint density at radius 1 is 1.05 bits per heavy atom. The molecule has 0 aliphatic carbocycles. The van der Waals surface area contributed by atoms with E-state index in [-0.39, 0.29) is 34.4 Å². The number of rotatable bonds is 7. The normalized spacial score (nSPS) is 14.8. The molecule has 11 heteroatoms. The highest BCUT2D eigenvalue weighted by Gasteiger charge is 2.39. The average molecular weight is 581 g/mol. The number of hydrogen-bond acceptors (Lipinski definition) is 6. The molecule has 0 radical (unpaired) electrons. The van der Waals surface area contributed by atoms with Crippen molar-refractivity contribution in [3.63, 3.8) is 0 Å². The second kappa shape index (κ2) is 13.2. The van der Waals surface area contributed by atoms with Gasteiger partial charge in [-0.3, -0.25) is 9.69 Å². The molecular formula is C31H35F3N6O2. The molecule has 1 atom stereocenters. The van der Waals surface area contributed by atoms with Crippen LogP contribution in [0.25, 0.3) is 16.9 Å². The number of aromatic nitrogens is 3. The Kier molecular flexibility index (Phi) is 9.64. The van der Waals surface area contributed by atoms with Gasteiger partial charge in [0.25, 0.3) is 5.91 Å². The van der Waals surface area contributed by atoms with Gasteiger partial charge in [-0.15, -0.1) is 13.2 Å². The summed E-state index contributed by atoms with van der Waals surface area (Å²) in [5, 5.41) is 7.23. The number of likely N-dealkylation sites (N-methyl/N-ethyl adjacent to an activating group) is 1. The topological polar surface area (TPSA) is 75.0 Å². The number of carbonyl (C=O) groups excluding carboxylic acids is 1. The van der Waals surface area contributed by atoms with E-state index in [2.05, 4.69) is 45.6 Å². The Morgan fingerprint density at radius 2 is 1.69 bits per heavy atom. The molecule has 5 rings (SSSR count). The maximum atomic E-state index is 14.3. The van der Waals surface area contributed by atoms with E-state index in [4.69, 9.17) is 4.74 Å². The molecule has 1 fully saturated rings. The number of methoxy groups -OCH3 is 1. The van der Waals surface area contributed by atoms with Crippen LogP contribution in [0, 0.1) is 6.92 Å². The number of halogens is 3. The molecule has 1 N–H and O–H groups in total. The first-order valence-electron chi connectivity index (χ1n) is 13.6. The number of carbonyl (C=O) groups is 1. The third-order valence-electron chi connectivity index (χ3n) is 7.37. The Balaban J connectivity index is 0.00000198. The number of nitrogens with one attached hydrogen (secondary N) is 1. The molecule has 1 saturated heterocycles. The molecule has 0 saturated carbocycles. The zero-order valence-electron chi connectivity index (χ0n) is 24.0. The van der Waals surface area contributed by atoms with Gasteiger partial charge in [-0.05, 0) is 43.8 Å². The van der Waals surface area contributed by atoms with Crippen molar-refractivity contribution in [1.29, 1.82) is 0 Å². The van der Waals surface area contributed by atoms with Crippen LogP contribution in [0.1, 0.15) is 33.2 Å². The SMILES string of the molecule is C=C.CNC[C@H](c1ccccc1)N1CCN(C(=O)c2cnn3c(C(F)(F)F)c(C)c(-c4ccc(OC)cc4)nc23)CC1. The maximum absolute atomic E-state index is 14.3. The summed E-state index contributed by atoms with van der Waals surface area (Å²) in [7, 11) is 3.42. The molecule has 1 aliphatic rings. The molecule has 0 bridgehead atoms. The van der Waals surface area contributed by atoms with Gasteiger partial charge in [0.2, 0.25) is 0 Å². The van der Waals surface area contributed by atoms with Crippen molar-refractivity contribution in [3.05, 3.63) is 96.3 Å². The summed E-state index contributed by atoms with van der Waals surface area (Å²) >= 11 is 0. The van der Waals surface area contributed by atoms with E-state index in [9.17, 15) is 18.0 Å². The third-order valence-corrected chi connectivity index (χ3v) is 7.37. The quantitative estimate of drug-likeness (QED) is 0.301. The van der Waals surface area contributed by atoms with E-state index in [1.807, 2.05) is 25.2 Å². The van der Waals surface area contributed by atoms with E-state index in [0.717, 1.165) is 11.1 Å². The zero-order valence-corrected chi connectivity index (χ0v) is 24.0. The summed E-state index contributed by atoms with van der Waals surface area (Å²) in [5.41, 5.74) is 0.708. The largest absolute Gasteiger partial charge is 0.497 e. The predicted molar refractivity (Wildman–Crippen MR) is 157 cm³/mol. The van der Waals surface area contributed by atoms with Gasteiger partial charge in [-0.25, -0.2) is 9.50 Å². The van der Waals surface area contributed by atoms with Crippen molar-refractivity contribution in [2.75, 3.05) is 46.9 Å². The smallest absolute Gasteiger partial charge is 0.433 e. The minimum absolute atomic E-state index is 0.0449. The molecule has 8 nitrogen and oxygen atoms in total. The molecule has 222 valence electrons. The Morgan fingerprint density at radius 3 is 2.26 bits per heavy atom. The van der Waals surface area contributed by atoms with E-state index in [1.165, 1.54) is 25.8 Å². The van der Waals surface area contributed by atoms with Crippen molar-refractivity contribution >= 4 is 11.6 Å². The molecular weight excluding hydrogens is 545 g/mol. The van der Waals surface area contributed by atoms with E-state index in [1.54, 1.807) is 29.2 Å². The fourth-order valence-electron chi connectivity index (χ4n) is 5.32. The fourth-order valence-corrected chi connectivity index (χ4v) is 5.32. The summed E-state index contributed by atoms with van der Waals surface area (Å²) in [4.78, 5) is 22.2. The van der Waals surface area contributed by atoms with Gasteiger partial charge in [-0.2, -0.15) is 18.3 Å². The zero-order chi connectivity index (χ0) is 30.4. The highest BCUT2D eigenvalue weighted by atomic mass is 19.4. The molecule has 0 unspecified atom stereocenters. The van der Waals surface area contributed by atoms with Crippen LogP contribution in [-0.2, 0) is 6.18 Å². The van der Waals surface area contributed by atoms with Crippen molar-refractivity contribution in [2.45, 2.75) is 19.1 Å². The van der Waals surface area contributed by atoms with Crippen LogP contribution in [0.4, 0.5) is 13.2 Å². The molecule has 2 aromatic carbocycles. The molecule has 0 spiro atoms. The van der Waals surface area contributed by atoms with Gasteiger partial charge in [-0.1, -0.05) is 30.3 Å². The summed E-state index contributed by atoms with van der Waals surface area (Å²) in [6.07, 6.45) is -3.51. The van der Waals surface area contributed by atoms with Crippen LogP contribution in [0.2, 0.25) is 0 Å². The number of benzene rings is 2. The van der Waals surface area contributed by atoms with Gasteiger partial charge in [0.15, 0.2) is 11.3 Å². The predicted octanol–water partition coefficient (Wildman–Crippen LogP) is 5.25. The van der Waals surface area contributed by atoms with Gasteiger partial charge >= 0.3 is 6.18 Å². The summed E-state index contributed by atoms with van der Waals surface area (Å²) in [6, 6.07) is 16.9. The second-order valence-corrected chi connectivity index (χ2v) is 9.77. The first-order chi connectivity index (χ1) is 20.2. The first-order valence-corrected chi connectivity index (χ1v) is 13.6. The number of nitrogens with zero attached hydrogens (tertiary/aromatic N) is 5. The molecule has 1 amide bonds. The van der Waals surface area contributed by atoms with E-state index in [0.29, 0.717) is 37.5 Å². The van der Waals surface area contributed by atoms with Crippen molar-refractivity contribution in [2.24, 2.45) is 0 Å². The number of ether oxygens (including phenoxy) is 1. The lowest BCUT2D eigenvalue weighted by Crippen LogP contribution is -2.51. The number of hydrogen-bond donors (Lipinski definition) is 1. The summed E-state index contributed by atoms with van der Waals surface area (Å²) < 4.78 is 48.7. The van der Waals surface area contributed by atoms with Crippen LogP contribution >= 0.6 is 0 Å². The molecule has 42 heavy (non-hydrogen) atoms. The van der Waals surface area contributed by atoms with Crippen molar-refractivity contribution in [1.82, 2.24) is 29.7 Å². The van der Waals surface area contributed by atoms with Gasteiger partial charge in [0, 0.05) is 49.9 Å². The highest BCUT2D eigenvalue weighted by molar-refractivity contribution is 6.00. The summed E-state index contributed by atoms with van der Waals surface area (Å²) in [6.45, 7) is 10.3. The third kappa shape index (κ3) is 6.17. The van der Waals surface area contributed by atoms with E-state index >= 15 is 0 Å². The Labute approximate surface area is 243 Å². The monoisotopic (exact) mass is 580 g/mol. The molecule has 4 aromatic rings. The van der Waals surface area contributed by atoms with Crippen LogP contribution in [0.5, 0.6) is 5.75 Å². The van der Waals surface area contributed by atoms with Gasteiger partial charge in [0.05, 0.1) is 19.0 Å². The maximum Gasteiger partial charge on any atom is 0.433 e. The second-order valence-electron chi connectivity index (χ2n) is 9.77. The number of amides is 1. The van der Waals surface area contributed by atoms with Gasteiger partial charge < -0.3 is 15.0 Å². The van der Waals surface area contributed by atoms with Crippen LogP contribution in [-0.4, -0.2) is 77.2 Å². The Hall–Kier alpha value is -4.22.